The number of hydrogen-bond acceptors (Lipinski definition) is 5. The number of benzene rings is 1. The number of nitrogens with one attached hydrogen (secondary N) is 2. The van der Waals surface area contributed by atoms with Crippen LogP contribution in [0.2, 0.25) is 0 Å². The molecule has 0 bridgehead atoms. The second-order valence-corrected chi connectivity index (χ2v) is 7.36. The molecule has 11 heteroatoms. The Balaban J connectivity index is 0.00000363. The van der Waals surface area contributed by atoms with Crippen molar-refractivity contribution in [1.29, 1.82) is 0 Å². The van der Waals surface area contributed by atoms with Gasteiger partial charge in [-0.3, -0.25) is 4.79 Å². The van der Waals surface area contributed by atoms with Gasteiger partial charge in [-0.25, -0.2) is 4.99 Å². The van der Waals surface area contributed by atoms with Crippen LogP contribution in [0.5, 0.6) is 17.2 Å². The molecule has 180 valence electrons. The molecule has 1 aromatic carbocycles. The summed E-state index contributed by atoms with van der Waals surface area (Å²) in [6, 6.07) is 3.01. The van der Waals surface area contributed by atoms with E-state index in [0.717, 1.165) is 32.2 Å². The number of hydrogen-bond donors (Lipinski definition) is 2. The van der Waals surface area contributed by atoms with Gasteiger partial charge in [-0.15, -0.1) is 24.0 Å². The smallest absolute Gasteiger partial charge is 0.387 e. The fraction of sp³-hybridized carbons (Fsp3) is 0.619. The molecule has 1 saturated heterocycles. The quantitative estimate of drug-likeness (QED) is 0.206. The van der Waals surface area contributed by atoms with Crippen molar-refractivity contribution in [2.24, 2.45) is 4.99 Å². The molecule has 2 heterocycles. The van der Waals surface area contributed by atoms with E-state index in [0.29, 0.717) is 49.1 Å². The van der Waals surface area contributed by atoms with E-state index in [1.54, 1.807) is 6.07 Å². The summed E-state index contributed by atoms with van der Waals surface area (Å²) in [5.74, 6) is 1.65. The molecule has 0 radical (unpaired) electrons. The number of aliphatic imine (C=N–C) groups is 1. The monoisotopic (exact) mass is 568 g/mol. The van der Waals surface area contributed by atoms with Crippen LogP contribution in [0.15, 0.2) is 17.1 Å². The summed E-state index contributed by atoms with van der Waals surface area (Å²) in [5.41, 5.74) is 0.469. The molecule has 2 aliphatic rings. The van der Waals surface area contributed by atoms with Crippen LogP contribution in [0.25, 0.3) is 0 Å². The number of ether oxygens (including phenoxy) is 3. The first-order valence-corrected chi connectivity index (χ1v) is 10.7. The molecule has 2 N–H and O–H groups in total. The number of amides is 1. The summed E-state index contributed by atoms with van der Waals surface area (Å²) in [4.78, 5) is 18.5. The molecule has 0 unspecified atom stereocenters. The molecule has 0 saturated carbocycles. The summed E-state index contributed by atoms with van der Waals surface area (Å²) in [6.07, 6.45) is 4.56. The van der Waals surface area contributed by atoms with Crippen molar-refractivity contribution >= 4 is 35.8 Å². The molecular formula is C21H31F2IN4O4. The average molecular weight is 568 g/mol. The number of fused-ring (bicyclic) bond motifs is 1. The molecule has 1 amide bonds. The van der Waals surface area contributed by atoms with Crippen LogP contribution in [0.4, 0.5) is 8.78 Å². The third-order valence-electron chi connectivity index (χ3n) is 5.09. The van der Waals surface area contributed by atoms with E-state index in [1.807, 2.05) is 11.8 Å². The van der Waals surface area contributed by atoms with E-state index in [-0.39, 0.29) is 49.0 Å². The van der Waals surface area contributed by atoms with Crippen molar-refractivity contribution < 1.29 is 27.8 Å². The molecule has 3 rings (SSSR count). The maximum Gasteiger partial charge on any atom is 0.387 e. The Labute approximate surface area is 204 Å². The van der Waals surface area contributed by atoms with E-state index in [1.165, 1.54) is 6.07 Å². The highest BCUT2D eigenvalue weighted by Crippen LogP contribution is 2.39. The maximum atomic E-state index is 12.8. The predicted molar refractivity (Wildman–Crippen MR) is 127 cm³/mol. The van der Waals surface area contributed by atoms with Crippen molar-refractivity contribution in [2.75, 3.05) is 33.0 Å². The minimum atomic E-state index is -2.95. The minimum Gasteiger partial charge on any atom is -0.454 e. The third kappa shape index (κ3) is 7.82. The molecule has 0 atom stereocenters. The van der Waals surface area contributed by atoms with Crippen molar-refractivity contribution in [3.8, 4) is 17.2 Å². The Morgan fingerprint density at radius 1 is 1.22 bits per heavy atom. The third-order valence-corrected chi connectivity index (χ3v) is 5.09. The average Bonchev–Trinajstić information content (AvgIpc) is 3.09. The van der Waals surface area contributed by atoms with Gasteiger partial charge in [0.2, 0.25) is 12.7 Å². The standard InChI is InChI=1S/C21H30F2N4O4.HI/c1-2-24-21(25-8-6-10-27-9-5-3-4-7-19(27)28)26-13-15-11-17-18(30-14-29-17)12-16(15)31-20(22)23;/h11-12,20H,2-10,13-14H2,1H3,(H2,24,25,26);1H. The number of carbonyl (C=O) groups excluding carboxylic acids is 1. The van der Waals surface area contributed by atoms with E-state index < -0.39 is 6.61 Å². The summed E-state index contributed by atoms with van der Waals surface area (Å²) < 4.78 is 40.8. The van der Waals surface area contributed by atoms with Gasteiger partial charge in [-0.05, 0) is 32.3 Å². The normalized spacial score (nSPS) is 15.9. The van der Waals surface area contributed by atoms with Crippen LogP contribution < -0.4 is 24.8 Å². The lowest BCUT2D eigenvalue weighted by molar-refractivity contribution is -0.130. The number of likely N-dealkylation sites (tertiary alicyclic amines) is 1. The second-order valence-electron chi connectivity index (χ2n) is 7.36. The van der Waals surface area contributed by atoms with Gasteiger partial charge >= 0.3 is 6.61 Å². The van der Waals surface area contributed by atoms with Crippen LogP contribution in [-0.4, -0.2) is 56.4 Å². The zero-order chi connectivity index (χ0) is 22.1. The molecule has 8 nitrogen and oxygen atoms in total. The number of nitrogens with zero attached hydrogens (tertiary/aromatic N) is 2. The zero-order valence-electron chi connectivity index (χ0n) is 18.2. The van der Waals surface area contributed by atoms with Crippen LogP contribution in [0.3, 0.4) is 0 Å². The fourth-order valence-electron chi connectivity index (χ4n) is 3.55. The van der Waals surface area contributed by atoms with Gasteiger partial charge < -0.3 is 29.7 Å². The Morgan fingerprint density at radius 2 is 2.00 bits per heavy atom. The lowest BCUT2D eigenvalue weighted by Gasteiger charge is -2.20. The van der Waals surface area contributed by atoms with E-state index in [4.69, 9.17) is 9.47 Å². The highest BCUT2D eigenvalue weighted by molar-refractivity contribution is 14.0. The highest BCUT2D eigenvalue weighted by Gasteiger charge is 2.20. The van der Waals surface area contributed by atoms with Gasteiger partial charge in [0.1, 0.15) is 5.75 Å². The largest absolute Gasteiger partial charge is 0.454 e. The first-order chi connectivity index (χ1) is 15.1. The van der Waals surface area contributed by atoms with E-state index in [9.17, 15) is 13.6 Å². The minimum absolute atomic E-state index is 0. The number of halogens is 3. The molecule has 1 aromatic rings. The second kappa shape index (κ2) is 13.5. The van der Waals surface area contributed by atoms with Crippen LogP contribution >= 0.6 is 24.0 Å². The Hall–Kier alpha value is -2.05. The fourth-order valence-corrected chi connectivity index (χ4v) is 3.55. The molecular weight excluding hydrogens is 537 g/mol. The molecule has 0 aromatic heterocycles. The number of alkyl halides is 2. The molecule has 0 aliphatic carbocycles. The maximum absolute atomic E-state index is 12.8. The topological polar surface area (TPSA) is 84.4 Å². The van der Waals surface area contributed by atoms with Crippen LogP contribution in [0, 0.1) is 0 Å². The van der Waals surface area contributed by atoms with Gasteiger partial charge in [0, 0.05) is 44.2 Å². The number of guanidine groups is 1. The van der Waals surface area contributed by atoms with E-state index >= 15 is 0 Å². The van der Waals surface area contributed by atoms with Gasteiger partial charge in [-0.2, -0.15) is 8.78 Å². The van der Waals surface area contributed by atoms with Crippen LogP contribution in [-0.2, 0) is 11.3 Å². The summed E-state index contributed by atoms with van der Waals surface area (Å²) >= 11 is 0. The van der Waals surface area contributed by atoms with Crippen molar-refractivity contribution in [3.63, 3.8) is 0 Å². The Kier molecular flexibility index (Phi) is 11.0. The lowest BCUT2D eigenvalue weighted by Crippen LogP contribution is -2.39. The van der Waals surface area contributed by atoms with Gasteiger partial charge in [0.25, 0.3) is 0 Å². The van der Waals surface area contributed by atoms with Gasteiger partial charge in [0.05, 0.1) is 6.54 Å². The first kappa shape index (κ1) is 26.2. The molecule has 2 aliphatic heterocycles. The SMILES string of the molecule is CCNC(=NCc1cc2c(cc1OC(F)F)OCO2)NCCCN1CCCCCC1=O.I. The first-order valence-electron chi connectivity index (χ1n) is 10.7. The summed E-state index contributed by atoms with van der Waals surface area (Å²) in [7, 11) is 0. The molecule has 1 fully saturated rings. The van der Waals surface area contributed by atoms with Crippen molar-refractivity contribution in [2.45, 2.75) is 52.2 Å². The van der Waals surface area contributed by atoms with E-state index in [2.05, 4.69) is 20.4 Å². The lowest BCUT2D eigenvalue weighted by atomic mass is 10.1. The molecule has 32 heavy (non-hydrogen) atoms. The van der Waals surface area contributed by atoms with Crippen LogP contribution in [0.1, 0.15) is 44.6 Å². The van der Waals surface area contributed by atoms with Gasteiger partial charge in [-0.1, -0.05) is 6.42 Å². The van der Waals surface area contributed by atoms with Crippen molar-refractivity contribution in [1.82, 2.24) is 15.5 Å². The predicted octanol–water partition coefficient (Wildman–Crippen LogP) is 3.48. The molecule has 0 spiro atoms. The highest BCUT2D eigenvalue weighted by atomic mass is 127. The summed E-state index contributed by atoms with van der Waals surface area (Å²) in [5, 5.41) is 6.37. The Morgan fingerprint density at radius 3 is 2.75 bits per heavy atom. The summed E-state index contributed by atoms with van der Waals surface area (Å²) in [6.45, 7) is 1.98. The Bertz CT molecular complexity index is 782. The van der Waals surface area contributed by atoms with Gasteiger partial charge in [0.15, 0.2) is 17.5 Å². The van der Waals surface area contributed by atoms with Crippen molar-refractivity contribution in [3.05, 3.63) is 17.7 Å². The number of carbonyl (C=O) groups is 1. The zero-order valence-corrected chi connectivity index (χ0v) is 20.5. The number of rotatable bonds is 9.